The van der Waals surface area contributed by atoms with Crippen LogP contribution in [0.3, 0.4) is 0 Å². The summed E-state index contributed by atoms with van der Waals surface area (Å²) in [4.78, 5) is 9.22. The topological polar surface area (TPSA) is 91.0 Å². The van der Waals surface area contributed by atoms with Gasteiger partial charge in [-0.1, -0.05) is 18.2 Å². The Labute approximate surface area is 172 Å². The Kier molecular flexibility index (Phi) is 7.14. The fraction of sp³-hybridized carbons (Fsp3) is 0.435. The molecule has 3 N–H and O–H groups in total. The number of carbonyl (C=O) groups is 1. The first-order chi connectivity index (χ1) is 13.6. The zero-order chi connectivity index (χ0) is 21.8. The number of methoxy groups -OCH3 is 3. The molecule has 3 rings (SSSR count). The van der Waals surface area contributed by atoms with Crippen molar-refractivity contribution >= 4 is 5.91 Å². The van der Waals surface area contributed by atoms with Crippen LogP contribution >= 0.6 is 0 Å². The summed E-state index contributed by atoms with van der Waals surface area (Å²) in [6.07, 6.45) is 2.94. The monoisotopic (exact) mass is 401 g/mol. The molecule has 6 nitrogen and oxygen atoms in total. The normalized spacial score (nSPS) is 12.5. The third-order valence-electron chi connectivity index (χ3n) is 4.88. The van der Waals surface area contributed by atoms with Crippen molar-refractivity contribution in [1.29, 1.82) is 0 Å². The van der Waals surface area contributed by atoms with Crippen LogP contribution < -0.4 is 19.9 Å². The zero-order valence-corrected chi connectivity index (χ0v) is 18.1. The van der Waals surface area contributed by atoms with E-state index in [9.17, 15) is 9.90 Å². The summed E-state index contributed by atoms with van der Waals surface area (Å²) in [6.45, 7) is 4.93. The van der Waals surface area contributed by atoms with Crippen LogP contribution in [0.15, 0.2) is 24.3 Å². The number of amides is 1. The van der Waals surface area contributed by atoms with Crippen molar-refractivity contribution in [1.82, 2.24) is 0 Å². The Morgan fingerprint density at radius 1 is 1.00 bits per heavy atom. The van der Waals surface area contributed by atoms with E-state index in [0.717, 1.165) is 36.0 Å². The van der Waals surface area contributed by atoms with Crippen molar-refractivity contribution in [2.75, 3.05) is 21.3 Å². The first kappa shape index (κ1) is 22.6. The number of hydrogen-bond acceptors (Lipinski definition) is 5. The molecule has 0 saturated heterocycles. The number of primary amides is 1. The number of rotatable bonds is 4. The number of benzene rings is 2. The van der Waals surface area contributed by atoms with Gasteiger partial charge in [-0.15, -0.1) is 0 Å². The SMILES string of the molecule is CC(N)=O.COc1cc2c(c(OC)c1OC)-c1ccc(C(C)(C)O)cc1CCC2. The van der Waals surface area contributed by atoms with Gasteiger partial charge in [0.05, 0.1) is 26.9 Å². The third-order valence-corrected chi connectivity index (χ3v) is 4.88. The van der Waals surface area contributed by atoms with Crippen LogP contribution in [0.25, 0.3) is 11.1 Å². The number of fused-ring (bicyclic) bond motifs is 3. The van der Waals surface area contributed by atoms with Gasteiger partial charge < -0.3 is 25.1 Å². The number of nitrogens with two attached hydrogens (primary N) is 1. The Morgan fingerprint density at radius 2 is 1.59 bits per heavy atom. The van der Waals surface area contributed by atoms with Gasteiger partial charge in [0.1, 0.15) is 0 Å². The average molecular weight is 402 g/mol. The predicted octanol–water partition coefficient (Wildman–Crippen LogP) is 3.59. The summed E-state index contributed by atoms with van der Waals surface area (Å²) in [6, 6.07) is 8.24. The minimum atomic E-state index is -0.855. The molecule has 2 aromatic carbocycles. The summed E-state index contributed by atoms with van der Waals surface area (Å²) in [7, 11) is 4.93. The van der Waals surface area contributed by atoms with E-state index in [0.29, 0.717) is 17.2 Å². The molecule has 1 aliphatic carbocycles. The van der Waals surface area contributed by atoms with Crippen LogP contribution in [0, 0.1) is 0 Å². The van der Waals surface area contributed by atoms with Gasteiger partial charge >= 0.3 is 0 Å². The zero-order valence-electron chi connectivity index (χ0n) is 18.1. The highest BCUT2D eigenvalue weighted by molar-refractivity contribution is 5.82. The highest BCUT2D eigenvalue weighted by Gasteiger charge is 2.26. The van der Waals surface area contributed by atoms with Crippen molar-refractivity contribution in [3.05, 3.63) is 41.0 Å². The molecule has 29 heavy (non-hydrogen) atoms. The van der Waals surface area contributed by atoms with Gasteiger partial charge in [-0.05, 0) is 61.4 Å². The van der Waals surface area contributed by atoms with Crippen LogP contribution in [0.4, 0.5) is 0 Å². The quantitative estimate of drug-likeness (QED) is 0.817. The van der Waals surface area contributed by atoms with Gasteiger partial charge in [0.15, 0.2) is 11.5 Å². The largest absolute Gasteiger partial charge is 0.493 e. The predicted molar refractivity (Wildman–Crippen MR) is 114 cm³/mol. The molecule has 0 unspecified atom stereocenters. The fourth-order valence-corrected chi connectivity index (χ4v) is 3.59. The van der Waals surface area contributed by atoms with Gasteiger partial charge in [-0.25, -0.2) is 0 Å². The second kappa shape index (κ2) is 9.18. The molecule has 0 spiro atoms. The minimum absolute atomic E-state index is 0.333. The maximum absolute atomic E-state index is 10.3. The van der Waals surface area contributed by atoms with Crippen molar-refractivity contribution in [2.45, 2.75) is 45.6 Å². The van der Waals surface area contributed by atoms with Gasteiger partial charge in [0.2, 0.25) is 11.7 Å². The summed E-state index contributed by atoms with van der Waals surface area (Å²) in [5.74, 6) is 1.67. The third kappa shape index (κ3) is 5.01. The molecular weight excluding hydrogens is 370 g/mol. The smallest absolute Gasteiger partial charge is 0.214 e. The van der Waals surface area contributed by atoms with E-state index in [1.165, 1.54) is 18.1 Å². The first-order valence-electron chi connectivity index (χ1n) is 9.58. The number of carbonyl (C=O) groups excluding carboxylic acids is 1. The molecule has 0 aromatic heterocycles. The fourth-order valence-electron chi connectivity index (χ4n) is 3.59. The van der Waals surface area contributed by atoms with Crippen LogP contribution in [-0.2, 0) is 23.2 Å². The van der Waals surface area contributed by atoms with Crippen LogP contribution in [0.5, 0.6) is 17.2 Å². The van der Waals surface area contributed by atoms with Crippen LogP contribution in [0.2, 0.25) is 0 Å². The molecule has 0 atom stereocenters. The number of hydrogen-bond donors (Lipinski definition) is 2. The Bertz CT molecular complexity index is 880. The van der Waals surface area contributed by atoms with Gasteiger partial charge in [-0.2, -0.15) is 0 Å². The molecule has 1 aliphatic rings. The van der Waals surface area contributed by atoms with Crippen LogP contribution in [-0.4, -0.2) is 32.3 Å². The molecule has 1 amide bonds. The Morgan fingerprint density at radius 3 is 2.10 bits per heavy atom. The highest BCUT2D eigenvalue weighted by atomic mass is 16.5. The standard InChI is InChI=1S/C21H26O4.C2H5NO/c1-21(2,22)15-9-10-16-13(11-15)7-6-8-14-12-17(23-3)19(24-4)20(25-5)18(14)16;1-2(3)4/h9-12,22H,6-8H2,1-5H3;1H3,(H2,3,4). The van der Waals surface area contributed by atoms with E-state index in [1.54, 1.807) is 21.3 Å². The van der Waals surface area contributed by atoms with Crippen LogP contribution in [0.1, 0.15) is 43.9 Å². The number of ether oxygens (including phenoxy) is 3. The highest BCUT2D eigenvalue weighted by Crippen LogP contribution is 2.49. The van der Waals surface area contributed by atoms with E-state index >= 15 is 0 Å². The molecule has 2 aromatic rings. The van der Waals surface area contributed by atoms with E-state index < -0.39 is 5.60 Å². The molecule has 0 saturated carbocycles. The molecule has 0 aliphatic heterocycles. The lowest BCUT2D eigenvalue weighted by molar-refractivity contribution is -0.115. The molecule has 0 radical (unpaired) electrons. The maximum atomic E-state index is 10.3. The molecule has 0 bridgehead atoms. The van der Waals surface area contributed by atoms with Gasteiger partial charge in [-0.3, -0.25) is 4.79 Å². The second-order valence-electron chi connectivity index (χ2n) is 7.57. The van der Waals surface area contributed by atoms with E-state index in [-0.39, 0.29) is 5.91 Å². The number of aliphatic hydroxyl groups is 1. The molecule has 0 fully saturated rings. The minimum Gasteiger partial charge on any atom is -0.493 e. The summed E-state index contributed by atoms with van der Waals surface area (Å²) >= 11 is 0. The second-order valence-corrected chi connectivity index (χ2v) is 7.57. The van der Waals surface area contributed by atoms with Crippen molar-refractivity contribution < 1.29 is 24.1 Å². The van der Waals surface area contributed by atoms with E-state index in [2.05, 4.69) is 23.9 Å². The van der Waals surface area contributed by atoms with Crippen molar-refractivity contribution in [2.24, 2.45) is 5.73 Å². The number of aryl methyl sites for hydroxylation is 2. The van der Waals surface area contributed by atoms with Crippen molar-refractivity contribution in [3.63, 3.8) is 0 Å². The summed E-state index contributed by atoms with van der Waals surface area (Å²) < 4.78 is 16.8. The lowest BCUT2D eigenvalue weighted by atomic mass is 9.90. The first-order valence-corrected chi connectivity index (χ1v) is 9.58. The lowest BCUT2D eigenvalue weighted by Gasteiger charge is -2.22. The van der Waals surface area contributed by atoms with Gasteiger partial charge in [0, 0.05) is 12.5 Å². The summed E-state index contributed by atoms with van der Waals surface area (Å²) in [5.41, 5.74) is 9.17. The summed E-state index contributed by atoms with van der Waals surface area (Å²) in [5, 5.41) is 10.3. The lowest BCUT2D eigenvalue weighted by Crippen LogP contribution is -2.15. The maximum Gasteiger partial charge on any atom is 0.214 e. The van der Waals surface area contributed by atoms with Gasteiger partial charge in [0.25, 0.3) is 0 Å². The molecule has 0 heterocycles. The Balaban J connectivity index is 0.000000687. The molecular formula is C23H31NO5. The van der Waals surface area contributed by atoms with E-state index in [1.807, 2.05) is 19.9 Å². The molecule has 6 heteroatoms. The Hall–Kier alpha value is -2.73. The van der Waals surface area contributed by atoms with E-state index in [4.69, 9.17) is 14.2 Å². The molecule has 158 valence electrons. The van der Waals surface area contributed by atoms with Crippen molar-refractivity contribution in [3.8, 4) is 28.4 Å². The average Bonchev–Trinajstić information content (AvgIpc) is 2.83.